The zero-order valence-electron chi connectivity index (χ0n) is 14.6. The molecule has 2 aliphatic heterocycles. The molecule has 138 valence electrons. The molecule has 3 aromatic rings. The SMILES string of the molecule is O=C([C@@H]1COc2ccc(Cl)cc2C1)N1CCc2sccc2[C@@H]1c1cccs1. The van der Waals surface area contributed by atoms with Crippen LogP contribution in [-0.2, 0) is 17.6 Å². The second-order valence-electron chi connectivity index (χ2n) is 6.96. The second kappa shape index (κ2) is 6.97. The fourth-order valence-corrected chi connectivity index (χ4v) is 6.02. The van der Waals surface area contributed by atoms with E-state index < -0.39 is 0 Å². The molecule has 3 nitrogen and oxygen atoms in total. The predicted octanol–water partition coefficient (Wildman–Crippen LogP) is 5.19. The van der Waals surface area contributed by atoms with Crippen molar-refractivity contribution in [2.75, 3.05) is 13.2 Å². The Labute approximate surface area is 171 Å². The summed E-state index contributed by atoms with van der Waals surface area (Å²) in [5, 5.41) is 4.91. The van der Waals surface area contributed by atoms with Gasteiger partial charge in [-0.1, -0.05) is 17.7 Å². The van der Waals surface area contributed by atoms with Crippen molar-refractivity contribution >= 4 is 40.2 Å². The van der Waals surface area contributed by atoms with Gasteiger partial charge in [-0.25, -0.2) is 0 Å². The largest absolute Gasteiger partial charge is 0.492 e. The topological polar surface area (TPSA) is 29.5 Å². The molecular formula is C21H18ClNO2S2. The molecule has 5 rings (SSSR count). The van der Waals surface area contributed by atoms with Crippen LogP contribution in [0.4, 0.5) is 0 Å². The fraction of sp³-hybridized carbons (Fsp3) is 0.286. The highest BCUT2D eigenvalue weighted by atomic mass is 35.5. The van der Waals surface area contributed by atoms with E-state index in [9.17, 15) is 4.79 Å². The van der Waals surface area contributed by atoms with Crippen LogP contribution in [0.2, 0.25) is 5.02 Å². The molecule has 27 heavy (non-hydrogen) atoms. The van der Waals surface area contributed by atoms with Gasteiger partial charge in [0.15, 0.2) is 0 Å². The molecule has 0 N–H and O–H groups in total. The number of halogens is 1. The van der Waals surface area contributed by atoms with Crippen LogP contribution in [0.3, 0.4) is 0 Å². The third-order valence-electron chi connectivity index (χ3n) is 5.34. The number of ether oxygens (including phenoxy) is 1. The van der Waals surface area contributed by atoms with Crippen molar-refractivity contribution in [2.24, 2.45) is 5.92 Å². The first kappa shape index (κ1) is 17.3. The lowest BCUT2D eigenvalue weighted by Gasteiger charge is -2.38. The van der Waals surface area contributed by atoms with Crippen LogP contribution >= 0.6 is 34.3 Å². The van der Waals surface area contributed by atoms with Crippen LogP contribution in [0.5, 0.6) is 5.75 Å². The molecule has 0 bridgehead atoms. The van der Waals surface area contributed by atoms with E-state index in [0.29, 0.717) is 18.1 Å². The number of fused-ring (bicyclic) bond motifs is 2. The highest BCUT2D eigenvalue weighted by Crippen LogP contribution is 2.41. The van der Waals surface area contributed by atoms with Gasteiger partial charge in [0.25, 0.3) is 0 Å². The van der Waals surface area contributed by atoms with Gasteiger partial charge in [0.2, 0.25) is 5.91 Å². The first-order valence-electron chi connectivity index (χ1n) is 9.02. The van der Waals surface area contributed by atoms with E-state index in [1.807, 2.05) is 18.2 Å². The van der Waals surface area contributed by atoms with E-state index in [1.54, 1.807) is 22.7 Å². The van der Waals surface area contributed by atoms with Crippen molar-refractivity contribution in [2.45, 2.75) is 18.9 Å². The van der Waals surface area contributed by atoms with Gasteiger partial charge in [-0.05, 0) is 65.1 Å². The standard InChI is InChI=1S/C21H18ClNO2S2/c22-15-3-4-17-13(11-15)10-14(12-25-17)21(24)23-7-5-18-16(6-9-27-18)20(23)19-2-1-8-26-19/h1-4,6,8-9,11,14,20H,5,7,10,12H2/t14-,20+/m0/s1. The van der Waals surface area contributed by atoms with Gasteiger partial charge in [0.05, 0.1) is 12.0 Å². The molecule has 2 aromatic heterocycles. The molecule has 1 aromatic carbocycles. The monoisotopic (exact) mass is 415 g/mol. The number of nitrogens with zero attached hydrogens (tertiary/aromatic N) is 1. The maximum atomic E-state index is 13.5. The Balaban J connectivity index is 1.46. The average Bonchev–Trinajstić information content (AvgIpc) is 3.37. The van der Waals surface area contributed by atoms with Gasteiger partial charge in [0, 0.05) is 21.3 Å². The van der Waals surface area contributed by atoms with Crippen molar-refractivity contribution in [1.82, 2.24) is 4.90 Å². The van der Waals surface area contributed by atoms with E-state index in [4.69, 9.17) is 16.3 Å². The third-order valence-corrected chi connectivity index (χ3v) is 7.50. The normalized spacial score (nSPS) is 21.3. The summed E-state index contributed by atoms with van der Waals surface area (Å²) in [6, 6.07) is 12.0. The molecule has 0 aliphatic carbocycles. The summed E-state index contributed by atoms with van der Waals surface area (Å²) < 4.78 is 5.88. The Morgan fingerprint density at radius 3 is 2.96 bits per heavy atom. The van der Waals surface area contributed by atoms with E-state index in [0.717, 1.165) is 24.3 Å². The molecule has 2 atom stereocenters. The third kappa shape index (κ3) is 3.08. The molecule has 0 radical (unpaired) electrons. The number of hydrogen-bond acceptors (Lipinski definition) is 4. The lowest BCUT2D eigenvalue weighted by atomic mass is 9.92. The number of hydrogen-bond donors (Lipinski definition) is 0. The Bertz CT molecular complexity index is 982. The Hall–Kier alpha value is -1.82. The van der Waals surface area contributed by atoms with E-state index in [2.05, 4.69) is 33.9 Å². The van der Waals surface area contributed by atoms with Crippen LogP contribution in [-0.4, -0.2) is 24.0 Å². The zero-order valence-corrected chi connectivity index (χ0v) is 16.9. The van der Waals surface area contributed by atoms with Gasteiger partial charge in [-0.15, -0.1) is 22.7 Å². The molecule has 2 aliphatic rings. The van der Waals surface area contributed by atoms with Crippen LogP contribution in [0, 0.1) is 5.92 Å². The minimum atomic E-state index is -0.168. The van der Waals surface area contributed by atoms with E-state index >= 15 is 0 Å². The van der Waals surface area contributed by atoms with Crippen LogP contribution in [0.1, 0.15) is 26.9 Å². The van der Waals surface area contributed by atoms with Crippen molar-refractivity contribution in [3.05, 3.63) is 73.1 Å². The Morgan fingerprint density at radius 2 is 2.11 bits per heavy atom. The van der Waals surface area contributed by atoms with Crippen molar-refractivity contribution in [3.63, 3.8) is 0 Å². The maximum Gasteiger partial charge on any atom is 0.230 e. The molecule has 0 unspecified atom stereocenters. The first-order valence-corrected chi connectivity index (χ1v) is 11.2. The van der Waals surface area contributed by atoms with Crippen molar-refractivity contribution in [3.8, 4) is 5.75 Å². The highest BCUT2D eigenvalue weighted by molar-refractivity contribution is 7.10. The summed E-state index contributed by atoms with van der Waals surface area (Å²) in [7, 11) is 0. The lowest BCUT2D eigenvalue weighted by molar-refractivity contribution is -0.139. The molecule has 6 heteroatoms. The smallest absolute Gasteiger partial charge is 0.230 e. The average molecular weight is 416 g/mol. The van der Waals surface area contributed by atoms with Gasteiger partial charge in [-0.3, -0.25) is 4.79 Å². The van der Waals surface area contributed by atoms with Crippen LogP contribution in [0.15, 0.2) is 47.2 Å². The highest BCUT2D eigenvalue weighted by Gasteiger charge is 2.37. The molecule has 0 spiro atoms. The summed E-state index contributed by atoms with van der Waals surface area (Å²) in [4.78, 5) is 18.2. The number of carbonyl (C=O) groups is 1. The van der Waals surface area contributed by atoms with Crippen LogP contribution in [0.25, 0.3) is 0 Å². The maximum absolute atomic E-state index is 13.5. The molecule has 0 saturated heterocycles. The lowest BCUT2D eigenvalue weighted by Crippen LogP contribution is -2.45. The summed E-state index contributed by atoms with van der Waals surface area (Å²) in [6.45, 7) is 1.19. The minimum Gasteiger partial charge on any atom is -0.492 e. The summed E-state index contributed by atoms with van der Waals surface area (Å²) in [5.74, 6) is 0.853. The van der Waals surface area contributed by atoms with E-state index in [-0.39, 0.29) is 17.9 Å². The van der Waals surface area contributed by atoms with Crippen LogP contribution < -0.4 is 4.74 Å². The number of rotatable bonds is 2. The fourth-order valence-electron chi connectivity index (χ4n) is 4.06. The van der Waals surface area contributed by atoms with Gasteiger partial charge in [-0.2, -0.15) is 0 Å². The van der Waals surface area contributed by atoms with Gasteiger partial charge < -0.3 is 9.64 Å². The van der Waals surface area contributed by atoms with E-state index in [1.165, 1.54) is 15.3 Å². The van der Waals surface area contributed by atoms with Gasteiger partial charge >= 0.3 is 0 Å². The minimum absolute atomic E-state index is 0.0215. The molecule has 0 saturated carbocycles. The number of amides is 1. The van der Waals surface area contributed by atoms with Crippen molar-refractivity contribution < 1.29 is 9.53 Å². The molecular weight excluding hydrogens is 398 g/mol. The first-order chi connectivity index (χ1) is 13.2. The summed E-state index contributed by atoms with van der Waals surface area (Å²) in [6.07, 6.45) is 1.61. The number of thiophene rings is 2. The number of carbonyl (C=O) groups excluding carboxylic acids is 1. The predicted molar refractivity (Wildman–Crippen MR) is 110 cm³/mol. The number of benzene rings is 1. The summed E-state index contributed by atoms with van der Waals surface area (Å²) in [5.41, 5.74) is 2.30. The summed E-state index contributed by atoms with van der Waals surface area (Å²) >= 11 is 9.65. The second-order valence-corrected chi connectivity index (χ2v) is 9.38. The van der Waals surface area contributed by atoms with Gasteiger partial charge in [0.1, 0.15) is 12.4 Å². The quantitative estimate of drug-likeness (QED) is 0.576. The molecule has 1 amide bonds. The van der Waals surface area contributed by atoms with Crippen molar-refractivity contribution in [1.29, 1.82) is 0 Å². The zero-order chi connectivity index (χ0) is 18.4. The Morgan fingerprint density at radius 1 is 1.19 bits per heavy atom. The molecule has 0 fully saturated rings. The Kier molecular flexibility index (Phi) is 4.46. The molecule has 4 heterocycles.